The fourth-order valence-electron chi connectivity index (χ4n) is 1.94. The van der Waals surface area contributed by atoms with E-state index in [1.807, 2.05) is 0 Å². The highest BCUT2D eigenvalue weighted by Crippen LogP contribution is 2.19. The van der Waals surface area contributed by atoms with Crippen LogP contribution in [0.5, 0.6) is 0 Å². The zero-order chi connectivity index (χ0) is 24.8. The van der Waals surface area contributed by atoms with Crippen LogP contribution in [-0.4, -0.2) is 109 Å². The van der Waals surface area contributed by atoms with Gasteiger partial charge in [0.15, 0.2) is 0 Å². The first-order chi connectivity index (χ1) is 14.6. The lowest BCUT2D eigenvalue weighted by molar-refractivity contribution is -0.137. The molecule has 0 aliphatic rings. The maximum atomic E-state index is 10.0. The van der Waals surface area contributed by atoms with Crippen LogP contribution in [0.3, 0.4) is 0 Å². The molecule has 0 aliphatic heterocycles. The van der Waals surface area contributed by atoms with E-state index in [2.05, 4.69) is 6.92 Å². The molecule has 0 spiro atoms. The summed E-state index contributed by atoms with van der Waals surface area (Å²) in [5, 5.41) is 62.4. The van der Waals surface area contributed by atoms with Gasteiger partial charge in [0.25, 0.3) is 0 Å². The third-order valence-corrected chi connectivity index (χ3v) is 4.32. The number of rotatable bonds is 16. The van der Waals surface area contributed by atoms with Gasteiger partial charge in [0.1, 0.15) is 0 Å². The molecular weight excluding hydrogens is 439 g/mol. The van der Waals surface area contributed by atoms with Crippen LogP contribution in [-0.2, 0) is 9.53 Å². The van der Waals surface area contributed by atoms with E-state index in [4.69, 9.17) is 55.2 Å². The number of ether oxygens (including phenoxy) is 1. The maximum Gasteiger partial charge on any atom is 0.324 e. The number of carboxylic acid groups (broad SMARTS) is 1. The van der Waals surface area contributed by atoms with Gasteiger partial charge in [-0.15, -0.1) is 0 Å². The van der Waals surface area contributed by atoms with Gasteiger partial charge in [0, 0.05) is 6.42 Å². The van der Waals surface area contributed by atoms with Crippen molar-refractivity contribution in [1.29, 1.82) is 0 Å². The molecule has 0 fully saturated rings. The fourth-order valence-corrected chi connectivity index (χ4v) is 1.94. The standard InChI is InChI=1S/C10H22O7.C8H16O2.H3O3P/c11-1-9(2-12,3-13)7-17-8-10(4-14,5-15)6-16;1-2-3-4-5-6-7-8(9)10;1-4(2)3/h11-16H,1-8H2;2-7H2,1H3,(H,9,10);1-3H. The first kappa shape index (κ1) is 35.1. The second-order valence-corrected chi connectivity index (χ2v) is 7.80. The Balaban J connectivity index is -0.000000471. The van der Waals surface area contributed by atoms with Gasteiger partial charge in [-0.3, -0.25) is 4.79 Å². The van der Waals surface area contributed by atoms with Crippen molar-refractivity contribution >= 4 is 14.6 Å². The molecule has 0 unspecified atom stereocenters. The number of hydrogen-bond acceptors (Lipinski definition) is 11. The molecule has 10 N–H and O–H groups in total. The number of carboxylic acids is 1. The van der Waals surface area contributed by atoms with Crippen LogP contribution >= 0.6 is 8.60 Å². The molecule has 0 aromatic heterocycles. The molecule has 0 radical (unpaired) electrons. The van der Waals surface area contributed by atoms with Gasteiger partial charge in [-0.1, -0.05) is 32.6 Å². The highest BCUT2D eigenvalue weighted by atomic mass is 31.2. The maximum absolute atomic E-state index is 10.0. The minimum atomic E-state index is -2.62. The summed E-state index contributed by atoms with van der Waals surface area (Å²) in [6.45, 7) is -0.855. The third kappa shape index (κ3) is 21.1. The van der Waals surface area contributed by atoms with E-state index in [0.29, 0.717) is 6.42 Å². The predicted molar refractivity (Wildman–Crippen MR) is 113 cm³/mol. The minimum Gasteiger partial charge on any atom is -0.481 e. The van der Waals surface area contributed by atoms with E-state index in [1.165, 1.54) is 19.3 Å². The lowest BCUT2D eigenvalue weighted by atomic mass is 9.91. The van der Waals surface area contributed by atoms with Crippen molar-refractivity contribution in [3.63, 3.8) is 0 Å². The molecule has 0 rings (SSSR count). The largest absolute Gasteiger partial charge is 0.481 e. The Bertz CT molecular complexity index is 350. The molecule has 0 bridgehead atoms. The van der Waals surface area contributed by atoms with Gasteiger partial charge >= 0.3 is 14.6 Å². The minimum absolute atomic E-state index is 0.141. The molecule has 0 heterocycles. The highest BCUT2D eigenvalue weighted by molar-refractivity contribution is 7.38. The molecule has 12 nitrogen and oxygen atoms in total. The van der Waals surface area contributed by atoms with Gasteiger partial charge in [0.2, 0.25) is 0 Å². The van der Waals surface area contributed by atoms with Crippen LogP contribution in [0.2, 0.25) is 0 Å². The van der Waals surface area contributed by atoms with Gasteiger partial charge in [0.05, 0.1) is 63.7 Å². The topological polar surface area (TPSA) is 229 Å². The Morgan fingerprint density at radius 1 is 0.710 bits per heavy atom. The predicted octanol–water partition coefficient (Wildman–Crippen LogP) is -1.45. The highest BCUT2D eigenvalue weighted by Gasteiger charge is 2.32. The lowest BCUT2D eigenvalue weighted by Gasteiger charge is -2.31. The van der Waals surface area contributed by atoms with Crippen molar-refractivity contribution in [2.24, 2.45) is 10.8 Å². The van der Waals surface area contributed by atoms with Gasteiger partial charge in [-0.25, -0.2) is 0 Å². The molecule has 13 heteroatoms. The summed E-state index contributed by atoms with van der Waals surface area (Å²) in [6.07, 6.45) is 5.88. The van der Waals surface area contributed by atoms with Crippen LogP contribution in [0.1, 0.15) is 45.4 Å². The molecule has 190 valence electrons. The molecule has 31 heavy (non-hydrogen) atoms. The summed E-state index contributed by atoms with van der Waals surface area (Å²) in [6, 6.07) is 0. The molecule has 0 aromatic rings. The van der Waals surface area contributed by atoms with E-state index < -0.39 is 65.0 Å². The smallest absolute Gasteiger partial charge is 0.324 e. The van der Waals surface area contributed by atoms with Gasteiger partial charge < -0.3 is 55.2 Å². The average molecular weight is 480 g/mol. The Morgan fingerprint density at radius 3 is 1.29 bits per heavy atom. The first-order valence-electron chi connectivity index (χ1n) is 9.89. The SMILES string of the molecule is CCCCCCCC(=O)O.OCC(CO)(CO)COCC(CO)(CO)CO.OP(O)O. The van der Waals surface area contributed by atoms with Crippen molar-refractivity contribution in [3.8, 4) is 0 Å². The number of aliphatic hydroxyl groups is 6. The van der Waals surface area contributed by atoms with Crippen molar-refractivity contribution in [2.75, 3.05) is 52.9 Å². The summed E-state index contributed by atoms with van der Waals surface area (Å²) >= 11 is 0. The van der Waals surface area contributed by atoms with E-state index >= 15 is 0 Å². The number of unbranched alkanes of at least 4 members (excludes halogenated alkanes) is 4. The van der Waals surface area contributed by atoms with Crippen LogP contribution in [0.15, 0.2) is 0 Å². The molecule has 0 saturated carbocycles. The summed E-state index contributed by atoms with van der Waals surface area (Å²) < 4.78 is 5.15. The van der Waals surface area contributed by atoms with E-state index in [0.717, 1.165) is 12.8 Å². The summed E-state index contributed by atoms with van der Waals surface area (Å²) in [4.78, 5) is 31.7. The molecule has 0 aromatic carbocycles. The summed E-state index contributed by atoms with van der Waals surface area (Å²) in [5.41, 5.74) is -2.32. The van der Waals surface area contributed by atoms with E-state index in [1.54, 1.807) is 0 Å². The second-order valence-electron chi connectivity index (χ2n) is 7.27. The first-order valence-corrected chi connectivity index (χ1v) is 11.1. The molecule has 0 atom stereocenters. The second kappa shape index (κ2) is 22.7. The summed E-state index contributed by atoms with van der Waals surface area (Å²) in [7, 11) is -2.62. The lowest BCUT2D eigenvalue weighted by Crippen LogP contribution is -2.43. The zero-order valence-electron chi connectivity index (χ0n) is 18.1. The number of aliphatic carboxylic acids is 1. The number of aliphatic hydroxyl groups excluding tert-OH is 6. The van der Waals surface area contributed by atoms with Crippen LogP contribution < -0.4 is 0 Å². The Morgan fingerprint density at radius 2 is 1.03 bits per heavy atom. The molecule has 0 saturated heterocycles. The van der Waals surface area contributed by atoms with Crippen LogP contribution in [0.4, 0.5) is 0 Å². The van der Waals surface area contributed by atoms with Gasteiger partial charge in [-0.2, -0.15) is 0 Å². The Kier molecular flexibility index (Phi) is 25.7. The Labute approximate surface area is 184 Å². The van der Waals surface area contributed by atoms with Crippen molar-refractivity contribution < 1.29 is 60.0 Å². The zero-order valence-corrected chi connectivity index (χ0v) is 19.0. The average Bonchev–Trinajstić information content (AvgIpc) is 2.75. The van der Waals surface area contributed by atoms with Crippen LogP contribution in [0.25, 0.3) is 0 Å². The summed E-state index contributed by atoms with van der Waals surface area (Å²) in [5.74, 6) is -0.670. The van der Waals surface area contributed by atoms with Crippen molar-refractivity contribution in [1.82, 2.24) is 0 Å². The van der Waals surface area contributed by atoms with E-state index in [9.17, 15) is 4.79 Å². The number of carbonyl (C=O) groups is 1. The quantitative estimate of drug-likeness (QED) is 0.0904. The van der Waals surface area contributed by atoms with Crippen molar-refractivity contribution in [3.05, 3.63) is 0 Å². The molecule has 0 amide bonds. The van der Waals surface area contributed by atoms with Crippen molar-refractivity contribution in [2.45, 2.75) is 45.4 Å². The van der Waals surface area contributed by atoms with Gasteiger partial charge in [-0.05, 0) is 6.42 Å². The Hall–Kier alpha value is -0.500. The monoisotopic (exact) mass is 480 g/mol. The third-order valence-electron chi connectivity index (χ3n) is 4.32. The molecule has 0 aliphatic carbocycles. The number of hydrogen-bond donors (Lipinski definition) is 10. The van der Waals surface area contributed by atoms with E-state index in [-0.39, 0.29) is 13.2 Å². The normalized spacial score (nSPS) is 11.5. The van der Waals surface area contributed by atoms with Crippen LogP contribution in [0, 0.1) is 10.8 Å². The fraction of sp³-hybridized carbons (Fsp3) is 0.944. The molecular formula is C18H41O12P.